The molecule has 0 bridgehead atoms. The molecule has 1 aliphatic heterocycles. The van der Waals surface area contributed by atoms with Gasteiger partial charge in [-0.15, -0.1) is 0 Å². The van der Waals surface area contributed by atoms with Gasteiger partial charge in [-0.3, -0.25) is 0 Å². The minimum atomic E-state index is -3.52. The fourth-order valence-electron chi connectivity index (χ4n) is 2.67. The van der Waals surface area contributed by atoms with Crippen LogP contribution < -0.4 is 5.73 Å². The normalized spacial score (nSPS) is 24.8. The summed E-state index contributed by atoms with van der Waals surface area (Å²) in [6, 6.07) is 4.99. The number of hydrogen-bond donors (Lipinski definition) is 1. The van der Waals surface area contributed by atoms with Gasteiger partial charge in [0.25, 0.3) is 0 Å². The second kappa shape index (κ2) is 6.44. The van der Waals surface area contributed by atoms with E-state index in [4.69, 9.17) is 5.73 Å². The average molecular weight is 426 g/mol. The van der Waals surface area contributed by atoms with Gasteiger partial charge in [-0.05, 0) is 52.9 Å². The van der Waals surface area contributed by atoms with Gasteiger partial charge in [0.2, 0.25) is 10.0 Å². The van der Waals surface area contributed by atoms with Gasteiger partial charge in [0.15, 0.2) is 0 Å². The molecular weight excluding hydrogens is 408 g/mol. The van der Waals surface area contributed by atoms with E-state index >= 15 is 0 Å². The molecule has 1 aromatic carbocycles. The van der Waals surface area contributed by atoms with Crippen LogP contribution in [0.3, 0.4) is 0 Å². The van der Waals surface area contributed by atoms with Crippen LogP contribution in [0.5, 0.6) is 0 Å². The fourth-order valence-corrected chi connectivity index (χ4v) is 6.15. The van der Waals surface area contributed by atoms with Gasteiger partial charge >= 0.3 is 0 Å². The largest absolute Gasteiger partial charge is 0.329 e. The molecule has 0 saturated carbocycles. The average Bonchev–Trinajstić information content (AvgIpc) is 2.37. The van der Waals surface area contributed by atoms with E-state index in [1.165, 1.54) is 0 Å². The van der Waals surface area contributed by atoms with Gasteiger partial charge in [-0.25, -0.2) is 8.42 Å². The van der Waals surface area contributed by atoms with Crippen LogP contribution in [-0.4, -0.2) is 31.9 Å². The third kappa shape index (κ3) is 3.11. The quantitative estimate of drug-likeness (QED) is 0.809. The van der Waals surface area contributed by atoms with Crippen molar-refractivity contribution < 1.29 is 8.42 Å². The molecular formula is C13H18Br2N2O2S. The summed E-state index contributed by atoms with van der Waals surface area (Å²) in [5, 5.41) is 0. The van der Waals surface area contributed by atoms with Crippen molar-refractivity contribution in [1.29, 1.82) is 0 Å². The maximum atomic E-state index is 12.9. The summed E-state index contributed by atoms with van der Waals surface area (Å²) in [5.41, 5.74) is 5.80. The molecule has 2 rings (SSSR count). The van der Waals surface area contributed by atoms with Crippen molar-refractivity contribution in [2.24, 2.45) is 11.7 Å². The Morgan fingerprint density at radius 1 is 1.40 bits per heavy atom. The minimum Gasteiger partial charge on any atom is -0.329 e. The molecule has 1 aliphatic rings. The number of nitrogens with zero attached hydrogens (tertiary/aromatic N) is 1. The van der Waals surface area contributed by atoms with Crippen molar-refractivity contribution in [2.75, 3.05) is 13.1 Å². The van der Waals surface area contributed by atoms with E-state index in [2.05, 4.69) is 38.8 Å². The van der Waals surface area contributed by atoms with Crippen molar-refractivity contribution >= 4 is 41.9 Å². The zero-order valence-electron chi connectivity index (χ0n) is 11.2. The Balaban J connectivity index is 2.43. The second-order valence-electron chi connectivity index (χ2n) is 5.11. The maximum absolute atomic E-state index is 12.9. The Labute approximate surface area is 137 Å². The molecule has 0 aliphatic carbocycles. The van der Waals surface area contributed by atoms with Gasteiger partial charge in [0.05, 0.1) is 4.90 Å². The Bertz CT molecular complexity index is 592. The molecule has 0 radical (unpaired) electrons. The van der Waals surface area contributed by atoms with E-state index in [1.807, 2.05) is 0 Å². The molecule has 7 heteroatoms. The Hall–Kier alpha value is 0.0500. The number of hydrogen-bond acceptors (Lipinski definition) is 3. The van der Waals surface area contributed by atoms with Gasteiger partial charge in [0.1, 0.15) is 0 Å². The SMILES string of the molecule is CC1CCCN(S(=O)(=O)c2ccc(Br)cc2Br)C1CN. The van der Waals surface area contributed by atoms with Crippen LogP contribution in [0.2, 0.25) is 0 Å². The van der Waals surface area contributed by atoms with Crippen molar-refractivity contribution in [3.05, 3.63) is 27.1 Å². The Kier molecular flexibility index (Phi) is 5.29. The molecule has 4 nitrogen and oxygen atoms in total. The zero-order chi connectivity index (χ0) is 14.9. The monoisotopic (exact) mass is 424 g/mol. The van der Waals surface area contributed by atoms with Crippen LogP contribution in [0, 0.1) is 5.92 Å². The molecule has 1 heterocycles. The third-order valence-electron chi connectivity index (χ3n) is 3.79. The molecule has 1 aromatic rings. The predicted octanol–water partition coefficient (Wildman–Crippen LogP) is 2.96. The van der Waals surface area contributed by atoms with Crippen LogP contribution in [0.15, 0.2) is 32.0 Å². The highest BCUT2D eigenvalue weighted by molar-refractivity contribution is 9.11. The highest BCUT2D eigenvalue weighted by atomic mass is 79.9. The van der Waals surface area contributed by atoms with Crippen LogP contribution in [0.1, 0.15) is 19.8 Å². The summed E-state index contributed by atoms with van der Waals surface area (Å²) >= 11 is 6.68. The molecule has 2 unspecified atom stereocenters. The van der Waals surface area contributed by atoms with E-state index < -0.39 is 10.0 Å². The molecule has 1 fully saturated rings. The lowest BCUT2D eigenvalue weighted by Crippen LogP contribution is -2.51. The molecule has 1 saturated heterocycles. The number of nitrogens with two attached hydrogens (primary N) is 1. The van der Waals surface area contributed by atoms with Gasteiger partial charge in [-0.2, -0.15) is 4.31 Å². The number of sulfonamides is 1. The highest BCUT2D eigenvalue weighted by Crippen LogP contribution is 2.33. The van der Waals surface area contributed by atoms with Crippen LogP contribution >= 0.6 is 31.9 Å². The first-order chi connectivity index (χ1) is 9.37. The van der Waals surface area contributed by atoms with Gasteiger partial charge < -0.3 is 5.73 Å². The number of halogens is 2. The first-order valence-electron chi connectivity index (χ1n) is 6.55. The van der Waals surface area contributed by atoms with E-state index in [9.17, 15) is 8.42 Å². The van der Waals surface area contributed by atoms with Crippen molar-refractivity contribution in [1.82, 2.24) is 4.31 Å². The second-order valence-corrected chi connectivity index (χ2v) is 8.74. The summed E-state index contributed by atoms with van der Waals surface area (Å²) in [6.45, 7) is 2.96. The summed E-state index contributed by atoms with van der Waals surface area (Å²) < 4.78 is 28.7. The van der Waals surface area contributed by atoms with Crippen molar-refractivity contribution in [3.8, 4) is 0 Å². The van der Waals surface area contributed by atoms with E-state index in [0.29, 0.717) is 22.5 Å². The molecule has 0 amide bonds. The lowest BCUT2D eigenvalue weighted by Gasteiger charge is -2.38. The minimum absolute atomic E-state index is 0.121. The maximum Gasteiger partial charge on any atom is 0.244 e. The summed E-state index contributed by atoms with van der Waals surface area (Å²) in [4.78, 5) is 0.299. The predicted molar refractivity (Wildman–Crippen MR) is 87.0 cm³/mol. The highest BCUT2D eigenvalue weighted by Gasteiger charge is 2.37. The van der Waals surface area contributed by atoms with Crippen molar-refractivity contribution in [3.63, 3.8) is 0 Å². The van der Waals surface area contributed by atoms with Crippen LogP contribution in [-0.2, 0) is 10.0 Å². The summed E-state index contributed by atoms with van der Waals surface area (Å²) in [7, 11) is -3.52. The summed E-state index contributed by atoms with van der Waals surface area (Å²) in [6.07, 6.45) is 1.90. The van der Waals surface area contributed by atoms with Crippen molar-refractivity contribution in [2.45, 2.75) is 30.7 Å². The first kappa shape index (κ1) is 16.4. The number of rotatable bonds is 3. The molecule has 2 N–H and O–H groups in total. The topological polar surface area (TPSA) is 63.4 Å². The van der Waals surface area contributed by atoms with Crippen LogP contribution in [0.4, 0.5) is 0 Å². The van der Waals surface area contributed by atoms with Crippen LogP contribution in [0.25, 0.3) is 0 Å². The van der Waals surface area contributed by atoms with Gasteiger partial charge in [-0.1, -0.05) is 22.9 Å². The first-order valence-corrected chi connectivity index (χ1v) is 9.57. The number of benzene rings is 1. The standard InChI is InChI=1S/C13H18Br2N2O2S/c1-9-3-2-6-17(12(9)8-16)20(18,19)13-5-4-10(14)7-11(13)15/h4-5,7,9,12H,2-3,6,8,16H2,1H3. The molecule has 112 valence electrons. The number of piperidine rings is 1. The lowest BCUT2D eigenvalue weighted by atomic mass is 9.93. The zero-order valence-corrected chi connectivity index (χ0v) is 15.2. The molecule has 20 heavy (non-hydrogen) atoms. The molecule has 0 aromatic heterocycles. The van der Waals surface area contributed by atoms with E-state index in [1.54, 1.807) is 22.5 Å². The molecule has 2 atom stereocenters. The third-order valence-corrected chi connectivity index (χ3v) is 7.18. The van der Waals surface area contributed by atoms with E-state index in [0.717, 1.165) is 17.3 Å². The Morgan fingerprint density at radius 3 is 2.70 bits per heavy atom. The molecule has 0 spiro atoms. The lowest BCUT2D eigenvalue weighted by molar-refractivity contribution is 0.192. The van der Waals surface area contributed by atoms with E-state index in [-0.39, 0.29) is 12.0 Å². The summed E-state index contributed by atoms with van der Waals surface area (Å²) in [5.74, 6) is 0.290. The fraction of sp³-hybridized carbons (Fsp3) is 0.538. The van der Waals surface area contributed by atoms with Gasteiger partial charge in [0, 0.05) is 28.1 Å². The smallest absolute Gasteiger partial charge is 0.244 e. The Morgan fingerprint density at radius 2 is 2.10 bits per heavy atom.